The maximum atomic E-state index is 13.0. The highest BCUT2D eigenvalue weighted by Crippen LogP contribution is 2.18. The number of hydrogen-bond acceptors (Lipinski definition) is 2. The first-order chi connectivity index (χ1) is 7.90. The fourth-order valence-corrected chi connectivity index (χ4v) is 1.97. The van der Waals surface area contributed by atoms with Gasteiger partial charge < -0.3 is 10.4 Å². The topological polar surface area (TPSA) is 49.3 Å². The Morgan fingerprint density at radius 2 is 2.18 bits per heavy atom. The number of aliphatic hydroxyl groups is 1. The Bertz CT molecular complexity index is 409. The van der Waals surface area contributed by atoms with Gasteiger partial charge in [0, 0.05) is 10.5 Å². The minimum absolute atomic E-state index is 0.169. The van der Waals surface area contributed by atoms with Crippen molar-refractivity contribution in [2.45, 2.75) is 32.4 Å². The first-order valence-electron chi connectivity index (χ1n) is 5.34. The fourth-order valence-electron chi connectivity index (χ4n) is 1.54. The standard InChI is InChI=1S/C12H15BrFNO2/c1-7(5-8(2)16)15-12(17)10-6-9(14)3-4-11(10)13/h3-4,6-8,16H,5H2,1-2H3,(H,15,17). The Kier molecular flexibility index (Phi) is 5.08. The van der Waals surface area contributed by atoms with Crippen molar-refractivity contribution in [3.05, 3.63) is 34.1 Å². The summed E-state index contributed by atoms with van der Waals surface area (Å²) >= 11 is 3.19. The molecule has 0 radical (unpaired) electrons. The van der Waals surface area contributed by atoms with Crippen LogP contribution in [0.15, 0.2) is 22.7 Å². The van der Waals surface area contributed by atoms with Gasteiger partial charge in [-0.25, -0.2) is 4.39 Å². The number of carbonyl (C=O) groups excluding carboxylic acids is 1. The number of rotatable bonds is 4. The molecule has 0 fully saturated rings. The van der Waals surface area contributed by atoms with E-state index in [4.69, 9.17) is 0 Å². The molecular formula is C12H15BrFNO2. The third-order valence-electron chi connectivity index (χ3n) is 2.25. The summed E-state index contributed by atoms with van der Waals surface area (Å²) in [6.07, 6.45) is -0.0279. The zero-order chi connectivity index (χ0) is 13.0. The Hall–Kier alpha value is -0.940. The molecule has 5 heteroatoms. The molecule has 0 saturated carbocycles. The van der Waals surface area contributed by atoms with Crippen LogP contribution in [0.1, 0.15) is 30.6 Å². The second kappa shape index (κ2) is 6.12. The van der Waals surface area contributed by atoms with E-state index in [1.54, 1.807) is 13.8 Å². The molecule has 1 rings (SSSR count). The summed E-state index contributed by atoms with van der Waals surface area (Å²) in [6, 6.07) is 3.77. The van der Waals surface area contributed by atoms with Crippen molar-refractivity contribution < 1.29 is 14.3 Å². The Morgan fingerprint density at radius 3 is 2.76 bits per heavy atom. The van der Waals surface area contributed by atoms with Gasteiger partial charge in [0.2, 0.25) is 0 Å². The van der Waals surface area contributed by atoms with Crippen molar-refractivity contribution in [3.8, 4) is 0 Å². The monoisotopic (exact) mass is 303 g/mol. The molecule has 94 valence electrons. The van der Waals surface area contributed by atoms with Crippen molar-refractivity contribution in [3.63, 3.8) is 0 Å². The second-order valence-electron chi connectivity index (χ2n) is 4.08. The highest BCUT2D eigenvalue weighted by Gasteiger charge is 2.14. The molecule has 0 bridgehead atoms. The molecule has 3 nitrogen and oxygen atoms in total. The minimum atomic E-state index is -0.485. The predicted molar refractivity (Wildman–Crippen MR) is 67.3 cm³/mol. The number of hydrogen-bond donors (Lipinski definition) is 2. The smallest absolute Gasteiger partial charge is 0.252 e. The van der Waals surface area contributed by atoms with E-state index in [1.807, 2.05) is 0 Å². The summed E-state index contributed by atoms with van der Waals surface area (Å²) in [4.78, 5) is 11.8. The SMILES string of the molecule is CC(O)CC(C)NC(=O)c1cc(F)ccc1Br. The van der Waals surface area contributed by atoms with Gasteiger partial charge in [-0.15, -0.1) is 0 Å². The van der Waals surface area contributed by atoms with E-state index in [0.29, 0.717) is 10.9 Å². The highest BCUT2D eigenvalue weighted by molar-refractivity contribution is 9.10. The maximum absolute atomic E-state index is 13.0. The van der Waals surface area contributed by atoms with Crippen LogP contribution in [0, 0.1) is 5.82 Å². The summed E-state index contributed by atoms with van der Waals surface area (Å²) in [7, 11) is 0. The van der Waals surface area contributed by atoms with Gasteiger partial charge >= 0.3 is 0 Å². The molecular weight excluding hydrogens is 289 g/mol. The highest BCUT2D eigenvalue weighted by atomic mass is 79.9. The molecule has 2 atom stereocenters. The summed E-state index contributed by atoms with van der Waals surface area (Å²) in [5, 5.41) is 11.9. The van der Waals surface area contributed by atoms with Gasteiger partial charge in [-0.05, 0) is 54.4 Å². The normalized spacial score (nSPS) is 14.2. The number of carbonyl (C=O) groups is 1. The van der Waals surface area contributed by atoms with E-state index >= 15 is 0 Å². The second-order valence-corrected chi connectivity index (χ2v) is 4.94. The molecule has 17 heavy (non-hydrogen) atoms. The lowest BCUT2D eigenvalue weighted by Crippen LogP contribution is -2.34. The summed E-state index contributed by atoms with van der Waals surface area (Å²) in [5.74, 6) is -0.814. The quantitative estimate of drug-likeness (QED) is 0.898. The molecule has 1 aromatic carbocycles. The van der Waals surface area contributed by atoms with Crippen LogP contribution in [0.5, 0.6) is 0 Å². The summed E-state index contributed by atoms with van der Waals surface area (Å²) < 4.78 is 13.6. The van der Waals surface area contributed by atoms with Crippen molar-refractivity contribution in [2.24, 2.45) is 0 Å². The molecule has 1 amide bonds. The van der Waals surface area contributed by atoms with Crippen molar-refractivity contribution >= 4 is 21.8 Å². The van der Waals surface area contributed by atoms with Crippen LogP contribution >= 0.6 is 15.9 Å². The van der Waals surface area contributed by atoms with E-state index in [1.165, 1.54) is 18.2 Å². The first-order valence-corrected chi connectivity index (χ1v) is 6.13. The molecule has 0 saturated heterocycles. The van der Waals surface area contributed by atoms with Crippen LogP contribution < -0.4 is 5.32 Å². The zero-order valence-corrected chi connectivity index (χ0v) is 11.3. The Balaban J connectivity index is 2.73. The summed E-state index contributed by atoms with van der Waals surface area (Å²) in [6.45, 7) is 3.44. The molecule has 2 N–H and O–H groups in total. The third kappa shape index (κ3) is 4.44. The van der Waals surface area contributed by atoms with E-state index < -0.39 is 11.9 Å². The molecule has 0 aromatic heterocycles. The Labute approximate surface area is 108 Å². The van der Waals surface area contributed by atoms with Gasteiger partial charge in [-0.3, -0.25) is 4.79 Å². The van der Waals surface area contributed by atoms with Crippen LogP contribution in [0.2, 0.25) is 0 Å². The first kappa shape index (κ1) is 14.1. The van der Waals surface area contributed by atoms with Gasteiger partial charge in [0.05, 0.1) is 11.7 Å². The number of benzene rings is 1. The van der Waals surface area contributed by atoms with Crippen LogP contribution in [0.25, 0.3) is 0 Å². The number of halogens is 2. The average Bonchev–Trinajstić information content (AvgIpc) is 2.20. The molecule has 0 aliphatic heterocycles. The Morgan fingerprint density at radius 1 is 1.53 bits per heavy atom. The average molecular weight is 304 g/mol. The molecule has 2 unspecified atom stereocenters. The van der Waals surface area contributed by atoms with Crippen molar-refractivity contribution in [1.82, 2.24) is 5.32 Å². The lowest BCUT2D eigenvalue weighted by Gasteiger charge is -2.15. The van der Waals surface area contributed by atoms with E-state index in [9.17, 15) is 14.3 Å². The predicted octanol–water partition coefficient (Wildman–Crippen LogP) is 2.48. The van der Waals surface area contributed by atoms with Crippen LogP contribution in [0.4, 0.5) is 4.39 Å². The number of nitrogens with one attached hydrogen (secondary N) is 1. The van der Waals surface area contributed by atoms with Crippen LogP contribution in [-0.4, -0.2) is 23.2 Å². The fraction of sp³-hybridized carbons (Fsp3) is 0.417. The van der Waals surface area contributed by atoms with E-state index in [-0.39, 0.29) is 17.5 Å². The third-order valence-corrected chi connectivity index (χ3v) is 2.94. The van der Waals surface area contributed by atoms with Crippen molar-refractivity contribution in [2.75, 3.05) is 0 Å². The van der Waals surface area contributed by atoms with Gasteiger partial charge in [-0.1, -0.05) is 0 Å². The molecule has 0 aliphatic rings. The lowest BCUT2D eigenvalue weighted by molar-refractivity contribution is 0.0922. The molecule has 1 aromatic rings. The molecule has 0 aliphatic carbocycles. The van der Waals surface area contributed by atoms with Gasteiger partial charge in [0.25, 0.3) is 5.91 Å². The minimum Gasteiger partial charge on any atom is -0.393 e. The van der Waals surface area contributed by atoms with Gasteiger partial charge in [-0.2, -0.15) is 0 Å². The summed E-state index contributed by atoms with van der Waals surface area (Å²) in [5.41, 5.74) is 0.252. The lowest BCUT2D eigenvalue weighted by atomic mass is 10.1. The van der Waals surface area contributed by atoms with Crippen LogP contribution in [0.3, 0.4) is 0 Å². The van der Waals surface area contributed by atoms with E-state index in [0.717, 1.165) is 0 Å². The van der Waals surface area contributed by atoms with Crippen molar-refractivity contribution in [1.29, 1.82) is 0 Å². The molecule has 0 heterocycles. The number of aliphatic hydroxyl groups excluding tert-OH is 1. The van der Waals surface area contributed by atoms with E-state index in [2.05, 4.69) is 21.2 Å². The largest absolute Gasteiger partial charge is 0.393 e. The van der Waals surface area contributed by atoms with Gasteiger partial charge in [0.1, 0.15) is 5.82 Å². The van der Waals surface area contributed by atoms with Crippen LogP contribution in [-0.2, 0) is 0 Å². The molecule has 0 spiro atoms. The maximum Gasteiger partial charge on any atom is 0.252 e. The number of amides is 1. The zero-order valence-electron chi connectivity index (χ0n) is 9.71. The van der Waals surface area contributed by atoms with Gasteiger partial charge in [0.15, 0.2) is 0 Å².